The Bertz CT molecular complexity index is 938. The summed E-state index contributed by atoms with van der Waals surface area (Å²) in [5, 5.41) is 13.1. The lowest BCUT2D eigenvalue weighted by Gasteiger charge is -2.19. The standard InChI is InChI=1S/C17H12BrClN4OS/c1-25-17-21-16-14(22-23-17)12-8-10(18)4-7-13(12)20-15(24-16)9-2-5-11(19)6-3-9/h2-8,15,20H,1H3. The fourth-order valence-corrected chi connectivity index (χ4v) is 3.33. The van der Waals surface area contributed by atoms with Crippen LogP contribution < -0.4 is 10.1 Å². The van der Waals surface area contributed by atoms with Crippen molar-refractivity contribution in [3.05, 3.63) is 57.5 Å². The van der Waals surface area contributed by atoms with Gasteiger partial charge in [0.05, 0.1) is 0 Å². The lowest BCUT2D eigenvalue weighted by atomic mass is 10.1. The molecular weight excluding hydrogens is 424 g/mol. The number of nitrogens with one attached hydrogen (secondary N) is 1. The van der Waals surface area contributed by atoms with Gasteiger partial charge in [-0.25, -0.2) is 0 Å². The number of fused-ring (bicyclic) bond motifs is 3. The van der Waals surface area contributed by atoms with Crippen LogP contribution in [0.2, 0.25) is 5.02 Å². The number of ether oxygens (including phenoxy) is 1. The zero-order valence-electron chi connectivity index (χ0n) is 13.0. The molecule has 1 aliphatic heterocycles. The average Bonchev–Trinajstić information content (AvgIpc) is 2.78. The molecule has 126 valence electrons. The second-order valence-electron chi connectivity index (χ2n) is 5.34. The van der Waals surface area contributed by atoms with E-state index in [1.807, 2.05) is 48.7 Å². The van der Waals surface area contributed by atoms with Crippen LogP contribution in [0.3, 0.4) is 0 Å². The van der Waals surface area contributed by atoms with E-state index in [0.717, 1.165) is 21.3 Å². The summed E-state index contributed by atoms with van der Waals surface area (Å²) < 4.78 is 7.10. The summed E-state index contributed by atoms with van der Waals surface area (Å²) >= 11 is 10.9. The highest BCUT2D eigenvalue weighted by Crippen LogP contribution is 2.40. The maximum absolute atomic E-state index is 6.15. The van der Waals surface area contributed by atoms with E-state index in [4.69, 9.17) is 16.3 Å². The largest absolute Gasteiger partial charge is 0.448 e. The molecule has 25 heavy (non-hydrogen) atoms. The van der Waals surface area contributed by atoms with Gasteiger partial charge in [0.1, 0.15) is 0 Å². The molecule has 0 bridgehead atoms. The van der Waals surface area contributed by atoms with Crippen LogP contribution in [0.1, 0.15) is 11.8 Å². The first-order valence-electron chi connectivity index (χ1n) is 7.41. The number of rotatable bonds is 2. The molecule has 2 aromatic carbocycles. The minimum Gasteiger partial charge on any atom is -0.448 e. The van der Waals surface area contributed by atoms with Crippen molar-refractivity contribution in [3.63, 3.8) is 0 Å². The topological polar surface area (TPSA) is 59.9 Å². The molecule has 3 aromatic rings. The van der Waals surface area contributed by atoms with Gasteiger partial charge in [0, 0.05) is 26.3 Å². The number of benzene rings is 2. The van der Waals surface area contributed by atoms with Crippen molar-refractivity contribution in [2.75, 3.05) is 11.6 Å². The molecule has 1 N–H and O–H groups in total. The van der Waals surface area contributed by atoms with Crippen LogP contribution in [-0.2, 0) is 0 Å². The molecule has 1 atom stereocenters. The molecule has 2 heterocycles. The normalized spacial score (nSPS) is 15.4. The molecule has 0 saturated carbocycles. The van der Waals surface area contributed by atoms with Crippen LogP contribution in [0.15, 0.2) is 52.1 Å². The minimum atomic E-state index is -0.412. The summed E-state index contributed by atoms with van der Waals surface area (Å²) in [5.41, 5.74) is 3.33. The van der Waals surface area contributed by atoms with Crippen molar-refractivity contribution >= 4 is 45.0 Å². The van der Waals surface area contributed by atoms with Gasteiger partial charge in [-0.05, 0) is 36.6 Å². The molecule has 8 heteroatoms. The van der Waals surface area contributed by atoms with Gasteiger partial charge in [0.15, 0.2) is 11.9 Å². The molecule has 1 aromatic heterocycles. The minimum absolute atomic E-state index is 0.412. The highest BCUT2D eigenvalue weighted by atomic mass is 79.9. The van der Waals surface area contributed by atoms with Gasteiger partial charge < -0.3 is 10.1 Å². The molecule has 4 rings (SSSR count). The molecule has 0 fully saturated rings. The number of hydrogen-bond donors (Lipinski definition) is 1. The van der Waals surface area contributed by atoms with Crippen molar-refractivity contribution in [2.24, 2.45) is 0 Å². The summed E-state index contributed by atoms with van der Waals surface area (Å²) in [6.07, 6.45) is 1.49. The number of thioether (sulfide) groups is 1. The number of halogens is 2. The van der Waals surface area contributed by atoms with Gasteiger partial charge >= 0.3 is 0 Å². The lowest BCUT2D eigenvalue weighted by Crippen LogP contribution is -2.17. The van der Waals surface area contributed by atoms with E-state index in [1.54, 1.807) is 0 Å². The highest BCUT2D eigenvalue weighted by Gasteiger charge is 2.26. The van der Waals surface area contributed by atoms with Crippen LogP contribution in [0.5, 0.6) is 5.88 Å². The Kier molecular flexibility index (Phi) is 4.54. The zero-order valence-corrected chi connectivity index (χ0v) is 16.2. The zero-order chi connectivity index (χ0) is 17.4. The molecule has 5 nitrogen and oxygen atoms in total. The number of anilines is 1. The molecule has 0 amide bonds. The monoisotopic (exact) mass is 434 g/mol. The smallest absolute Gasteiger partial charge is 0.247 e. The van der Waals surface area contributed by atoms with Crippen molar-refractivity contribution in [1.82, 2.24) is 15.2 Å². The van der Waals surface area contributed by atoms with Crippen molar-refractivity contribution < 1.29 is 4.74 Å². The maximum atomic E-state index is 6.15. The molecule has 1 unspecified atom stereocenters. The van der Waals surface area contributed by atoms with Crippen LogP contribution in [-0.4, -0.2) is 21.4 Å². The maximum Gasteiger partial charge on any atom is 0.247 e. The van der Waals surface area contributed by atoms with E-state index in [-0.39, 0.29) is 0 Å². The summed E-state index contributed by atoms with van der Waals surface area (Å²) in [7, 11) is 0. The third kappa shape index (κ3) is 3.31. The van der Waals surface area contributed by atoms with Crippen LogP contribution in [0, 0.1) is 0 Å². The molecular formula is C17H12BrClN4OS. The third-order valence-corrected chi connectivity index (χ3v) is 5.03. The van der Waals surface area contributed by atoms with Crippen molar-refractivity contribution in [1.29, 1.82) is 0 Å². The lowest BCUT2D eigenvalue weighted by molar-refractivity contribution is 0.225. The van der Waals surface area contributed by atoms with Gasteiger partial charge in [-0.1, -0.05) is 51.4 Å². The second kappa shape index (κ2) is 6.82. The first-order chi connectivity index (χ1) is 12.1. The van der Waals surface area contributed by atoms with E-state index in [0.29, 0.717) is 21.8 Å². The predicted octanol–water partition coefficient (Wildman–Crippen LogP) is 5.18. The van der Waals surface area contributed by atoms with Gasteiger partial charge in [-0.2, -0.15) is 4.98 Å². The Labute approximate surface area is 162 Å². The van der Waals surface area contributed by atoms with E-state index in [2.05, 4.69) is 36.4 Å². The number of hydrogen-bond acceptors (Lipinski definition) is 6. The Balaban J connectivity index is 1.87. The molecule has 0 spiro atoms. The van der Waals surface area contributed by atoms with Gasteiger partial charge in [0.2, 0.25) is 11.0 Å². The SMILES string of the molecule is CSc1nnc2c(n1)OC(c1ccc(Cl)cc1)Nc1ccc(Br)cc1-2. The summed E-state index contributed by atoms with van der Waals surface area (Å²) in [5.74, 6) is 0.448. The molecule has 1 aliphatic rings. The van der Waals surface area contributed by atoms with Crippen molar-refractivity contribution in [2.45, 2.75) is 11.4 Å². The Hall–Kier alpha value is -1.83. The Morgan fingerprint density at radius 3 is 2.72 bits per heavy atom. The molecule has 0 radical (unpaired) electrons. The third-order valence-electron chi connectivity index (χ3n) is 3.74. The van der Waals surface area contributed by atoms with E-state index < -0.39 is 6.23 Å². The number of nitrogens with zero attached hydrogens (tertiary/aromatic N) is 3. The summed E-state index contributed by atoms with van der Waals surface area (Å²) in [6, 6.07) is 13.4. The van der Waals surface area contributed by atoms with Crippen LogP contribution in [0.25, 0.3) is 11.3 Å². The fourth-order valence-electron chi connectivity index (χ4n) is 2.54. The average molecular weight is 436 g/mol. The van der Waals surface area contributed by atoms with E-state index in [1.165, 1.54) is 11.8 Å². The van der Waals surface area contributed by atoms with Crippen molar-refractivity contribution in [3.8, 4) is 17.1 Å². The summed E-state index contributed by atoms with van der Waals surface area (Å²) in [4.78, 5) is 4.50. The van der Waals surface area contributed by atoms with Gasteiger partial charge in [0.25, 0.3) is 0 Å². The van der Waals surface area contributed by atoms with Crippen LogP contribution >= 0.6 is 39.3 Å². The van der Waals surface area contributed by atoms with Crippen LogP contribution in [0.4, 0.5) is 5.69 Å². The predicted molar refractivity (Wildman–Crippen MR) is 103 cm³/mol. The quantitative estimate of drug-likeness (QED) is 0.560. The Morgan fingerprint density at radius 1 is 1.16 bits per heavy atom. The van der Waals surface area contributed by atoms with E-state index >= 15 is 0 Å². The van der Waals surface area contributed by atoms with Gasteiger partial charge in [-0.3, -0.25) is 0 Å². The number of aromatic nitrogens is 3. The first-order valence-corrected chi connectivity index (χ1v) is 9.81. The second-order valence-corrected chi connectivity index (χ2v) is 7.46. The molecule has 0 saturated heterocycles. The first kappa shape index (κ1) is 16.6. The summed E-state index contributed by atoms with van der Waals surface area (Å²) in [6.45, 7) is 0. The highest BCUT2D eigenvalue weighted by molar-refractivity contribution is 9.10. The van der Waals surface area contributed by atoms with Gasteiger partial charge in [-0.15, -0.1) is 10.2 Å². The van der Waals surface area contributed by atoms with E-state index in [9.17, 15) is 0 Å². The Morgan fingerprint density at radius 2 is 1.96 bits per heavy atom. The fraction of sp³-hybridized carbons (Fsp3) is 0.118. The molecule has 0 aliphatic carbocycles.